The lowest BCUT2D eigenvalue weighted by Gasteiger charge is -2.13. The van der Waals surface area contributed by atoms with Crippen LogP contribution in [0, 0.1) is 13.8 Å². The third-order valence-electron chi connectivity index (χ3n) is 4.89. The molecule has 0 amide bonds. The summed E-state index contributed by atoms with van der Waals surface area (Å²) in [6, 6.07) is 6.36. The van der Waals surface area contributed by atoms with E-state index in [9.17, 15) is 0 Å². The largest absolute Gasteiger partial charge is 0.480 e. The van der Waals surface area contributed by atoms with Crippen LogP contribution >= 0.6 is 0 Å². The number of methoxy groups -OCH3 is 2. The molecular weight excluding hydrogens is 338 g/mol. The molecule has 3 aromatic heterocycles. The van der Waals surface area contributed by atoms with E-state index in [1.165, 1.54) is 5.56 Å². The molecule has 3 aromatic rings. The molecule has 0 unspecified atom stereocenters. The van der Waals surface area contributed by atoms with E-state index in [0.29, 0.717) is 11.8 Å². The van der Waals surface area contributed by atoms with Crippen molar-refractivity contribution in [1.82, 2.24) is 14.5 Å². The molecule has 0 aliphatic carbocycles. The van der Waals surface area contributed by atoms with Crippen molar-refractivity contribution in [2.24, 2.45) is 0 Å². The normalized spacial score (nSPS) is 11.5. The molecule has 5 heteroatoms. The van der Waals surface area contributed by atoms with E-state index in [1.807, 2.05) is 0 Å². The first kappa shape index (κ1) is 19.4. The van der Waals surface area contributed by atoms with E-state index >= 15 is 0 Å². The van der Waals surface area contributed by atoms with Gasteiger partial charge < -0.3 is 14.0 Å². The van der Waals surface area contributed by atoms with Crippen molar-refractivity contribution >= 4 is 11.0 Å². The van der Waals surface area contributed by atoms with Crippen molar-refractivity contribution in [2.45, 2.75) is 46.6 Å². The van der Waals surface area contributed by atoms with E-state index < -0.39 is 0 Å². The average molecular weight is 367 g/mol. The zero-order chi connectivity index (χ0) is 19.6. The Morgan fingerprint density at radius 1 is 1.07 bits per heavy atom. The second-order valence-corrected chi connectivity index (χ2v) is 7.32. The SMILES string of the molecule is COCCCn1cc(C)c2nc(-c3ccc(C(C)C)nc3OC)c(C)cc21. The monoisotopic (exact) mass is 367 g/mol. The topological polar surface area (TPSA) is 49.2 Å². The molecule has 0 radical (unpaired) electrons. The quantitative estimate of drug-likeness (QED) is 0.558. The number of pyridine rings is 2. The van der Waals surface area contributed by atoms with E-state index in [4.69, 9.17) is 14.5 Å². The number of fused-ring (bicyclic) bond motifs is 1. The van der Waals surface area contributed by atoms with E-state index in [2.05, 4.69) is 61.6 Å². The molecule has 3 heterocycles. The van der Waals surface area contributed by atoms with Crippen LogP contribution in [0.5, 0.6) is 5.88 Å². The Balaban J connectivity index is 2.08. The van der Waals surface area contributed by atoms with E-state index in [1.54, 1.807) is 14.2 Å². The second kappa shape index (κ2) is 8.09. The standard InChI is InChI=1S/C22H29N3O2/c1-14(2)18-9-8-17(22(23-18)27-6)20-15(3)12-19-21(24-20)16(4)13-25(19)10-7-11-26-5/h8-9,12-14H,7,10-11H2,1-6H3. The molecule has 0 saturated carbocycles. The molecule has 3 rings (SSSR count). The summed E-state index contributed by atoms with van der Waals surface area (Å²) in [5, 5.41) is 0. The highest BCUT2D eigenvalue weighted by atomic mass is 16.5. The smallest absolute Gasteiger partial charge is 0.222 e. The molecule has 27 heavy (non-hydrogen) atoms. The molecule has 0 N–H and O–H groups in total. The third-order valence-corrected chi connectivity index (χ3v) is 4.89. The highest BCUT2D eigenvalue weighted by molar-refractivity contribution is 5.85. The van der Waals surface area contributed by atoms with Crippen LogP contribution in [0.1, 0.15) is 43.0 Å². The van der Waals surface area contributed by atoms with Gasteiger partial charge in [0.05, 0.1) is 29.4 Å². The summed E-state index contributed by atoms with van der Waals surface area (Å²) in [6.07, 6.45) is 3.16. The van der Waals surface area contributed by atoms with Crippen molar-refractivity contribution in [2.75, 3.05) is 20.8 Å². The van der Waals surface area contributed by atoms with Crippen LogP contribution in [0.4, 0.5) is 0 Å². The van der Waals surface area contributed by atoms with Crippen molar-refractivity contribution < 1.29 is 9.47 Å². The van der Waals surface area contributed by atoms with Gasteiger partial charge in [-0.3, -0.25) is 0 Å². The van der Waals surface area contributed by atoms with Gasteiger partial charge >= 0.3 is 0 Å². The summed E-state index contributed by atoms with van der Waals surface area (Å²) in [6.45, 7) is 10.2. The Bertz CT molecular complexity index is 944. The molecule has 0 bridgehead atoms. The van der Waals surface area contributed by atoms with Crippen molar-refractivity contribution in [3.05, 3.63) is 41.2 Å². The highest BCUT2D eigenvalue weighted by Crippen LogP contribution is 2.33. The fourth-order valence-electron chi connectivity index (χ4n) is 3.42. The third kappa shape index (κ3) is 3.83. The van der Waals surface area contributed by atoms with Crippen LogP contribution in [-0.4, -0.2) is 35.4 Å². The summed E-state index contributed by atoms with van der Waals surface area (Å²) in [4.78, 5) is 9.69. The van der Waals surface area contributed by atoms with Gasteiger partial charge in [0.1, 0.15) is 0 Å². The minimum Gasteiger partial charge on any atom is -0.480 e. The number of aryl methyl sites for hydroxylation is 3. The number of hydrogen-bond acceptors (Lipinski definition) is 4. The summed E-state index contributed by atoms with van der Waals surface area (Å²) < 4.78 is 13.0. The molecule has 0 aromatic carbocycles. The summed E-state index contributed by atoms with van der Waals surface area (Å²) in [5.74, 6) is 0.987. The number of rotatable bonds is 7. The lowest BCUT2D eigenvalue weighted by molar-refractivity contribution is 0.190. The van der Waals surface area contributed by atoms with Gasteiger partial charge in [0, 0.05) is 32.2 Å². The summed E-state index contributed by atoms with van der Waals surface area (Å²) >= 11 is 0. The van der Waals surface area contributed by atoms with Crippen molar-refractivity contribution in [3.63, 3.8) is 0 Å². The van der Waals surface area contributed by atoms with Crippen molar-refractivity contribution in [3.8, 4) is 17.1 Å². The summed E-state index contributed by atoms with van der Waals surface area (Å²) in [7, 11) is 3.41. The van der Waals surface area contributed by atoms with Gasteiger partial charge in [-0.05, 0) is 55.5 Å². The Morgan fingerprint density at radius 3 is 2.52 bits per heavy atom. The van der Waals surface area contributed by atoms with Gasteiger partial charge in [-0.15, -0.1) is 0 Å². The first-order valence-corrected chi connectivity index (χ1v) is 9.47. The van der Waals surface area contributed by atoms with Gasteiger partial charge in [-0.2, -0.15) is 0 Å². The first-order valence-electron chi connectivity index (χ1n) is 9.47. The molecule has 0 fully saturated rings. The van der Waals surface area contributed by atoms with E-state index in [-0.39, 0.29) is 0 Å². The van der Waals surface area contributed by atoms with Gasteiger partial charge in [0.2, 0.25) is 5.88 Å². The maximum atomic E-state index is 5.59. The number of ether oxygens (including phenoxy) is 2. The van der Waals surface area contributed by atoms with Crippen LogP contribution in [0.15, 0.2) is 24.4 Å². The number of aromatic nitrogens is 3. The molecule has 0 aliphatic heterocycles. The Hall–Kier alpha value is -2.40. The Morgan fingerprint density at radius 2 is 1.85 bits per heavy atom. The molecule has 144 valence electrons. The predicted octanol–water partition coefficient (Wildman–Crippen LogP) is 4.88. The highest BCUT2D eigenvalue weighted by Gasteiger charge is 2.17. The number of hydrogen-bond donors (Lipinski definition) is 0. The van der Waals surface area contributed by atoms with Crippen molar-refractivity contribution in [1.29, 1.82) is 0 Å². The van der Waals surface area contributed by atoms with E-state index in [0.717, 1.165) is 53.1 Å². The maximum Gasteiger partial charge on any atom is 0.222 e. The minimum absolute atomic E-state index is 0.355. The first-order chi connectivity index (χ1) is 13.0. The zero-order valence-corrected chi connectivity index (χ0v) is 17.2. The maximum absolute atomic E-state index is 5.59. The minimum atomic E-state index is 0.355. The second-order valence-electron chi connectivity index (χ2n) is 7.32. The predicted molar refractivity (Wildman–Crippen MR) is 110 cm³/mol. The molecule has 5 nitrogen and oxygen atoms in total. The van der Waals surface area contributed by atoms with Crippen LogP contribution in [0.3, 0.4) is 0 Å². The lowest BCUT2D eigenvalue weighted by Crippen LogP contribution is -2.02. The van der Waals surface area contributed by atoms with Gasteiger partial charge in [0.15, 0.2) is 0 Å². The van der Waals surface area contributed by atoms with Gasteiger partial charge in [-0.1, -0.05) is 13.8 Å². The van der Waals surface area contributed by atoms with Gasteiger partial charge in [0.25, 0.3) is 0 Å². The molecule has 0 saturated heterocycles. The van der Waals surface area contributed by atoms with Crippen LogP contribution in [0.25, 0.3) is 22.3 Å². The molecule has 0 aliphatic rings. The fourth-order valence-corrected chi connectivity index (χ4v) is 3.42. The van der Waals surface area contributed by atoms with Crippen LogP contribution < -0.4 is 4.74 Å². The molecule has 0 spiro atoms. The van der Waals surface area contributed by atoms with Crippen LogP contribution in [0.2, 0.25) is 0 Å². The van der Waals surface area contributed by atoms with Crippen LogP contribution in [-0.2, 0) is 11.3 Å². The Kier molecular flexibility index (Phi) is 5.80. The summed E-state index contributed by atoms with van der Waals surface area (Å²) in [5.41, 5.74) is 7.38. The zero-order valence-electron chi connectivity index (χ0n) is 17.2. The average Bonchev–Trinajstić information content (AvgIpc) is 2.95. The Labute approximate surface area is 161 Å². The van der Waals surface area contributed by atoms with Gasteiger partial charge in [-0.25, -0.2) is 9.97 Å². The molecular formula is C22H29N3O2. The number of nitrogens with zero attached hydrogens (tertiary/aromatic N) is 3. The lowest BCUT2D eigenvalue weighted by atomic mass is 10.0. The fraction of sp³-hybridized carbons (Fsp3) is 0.455. The molecule has 0 atom stereocenters.